The van der Waals surface area contributed by atoms with Crippen LogP contribution in [-0.2, 0) is 9.59 Å². The van der Waals surface area contributed by atoms with Crippen molar-refractivity contribution in [1.29, 1.82) is 0 Å². The van der Waals surface area contributed by atoms with Gasteiger partial charge in [0.15, 0.2) is 0 Å². The molecule has 0 spiro atoms. The highest BCUT2D eigenvalue weighted by atomic mass is 16.4. The molecule has 1 aliphatic heterocycles. The van der Waals surface area contributed by atoms with E-state index in [1.807, 2.05) is 11.8 Å². The van der Waals surface area contributed by atoms with Crippen molar-refractivity contribution < 1.29 is 14.7 Å². The monoisotopic (exact) mass is 296 g/mol. The lowest BCUT2D eigenvalue weighted by atomic mass is 9.85. The summed E-state index contributed by atoms with van der Waals surface area (Å²) in [6.07, 6.45) is 7.19. The van der Waals surface area contributed by atoms with Gasteiger partial charge in [-0.25, -0.2) is 0 Å². The summed E-state index contributed by atoms with van der Waals surface area (Å²) in [6, 6.07) is -0.0343. The third-order valence-corrected chi connectivity index (χ3v) is 4.96. The molecule has 1 amide bonds. The van der Waals surface area contributed by atoms with Gasteiger partial charge in [-0.15, -0.1) is 0 Å². The summed E-state index contributed by atoms with van der Waals surface area (Å²) >= 11 is 0. The molecule has 0 radical (unpaired) electrons. The molecule has 2 aliphatic rings. The average molecular weight is 296 g/mol. The molecule has 1 saturated heterocycles. The summed E-state index contributed by atoms with van der Waals surface area (Å²) in [5.74, 6) is -0.354. The molecule has 4 unspecified atom stereocenters. The van der Waals surface area contributed by atoms with Crippen LogP contribution in [-0.4, -0.2) is 46.6 Å². The van der Waals surface area contributed by atoms with Crippen LogP contribution in [0.4, 0.5) is 0 Å². The predicted octanol–water partition coefficient (Wildman–Crippen LogP) is 2.01. The van der Waals surface area contributed by atoms with Crippen molar-refractivity contribution >= 4 is 11.9 Å². The number of nitrogens with one attached hydrogen (secondary N) is 1. The molecule has 21 heavy (non-hydrogen) atoms. The normalized spacial score (nSPS) is 30.7. The van der Waals surface area contributed by atoms with Crippen LogP contribution in [0.1, 0.15) is 58.8 Å². The van der Waals surface area contributed by atoms with Gasteiger partial charge < -0.3 is 10.4 Å². The lowest BCUT2D eigenvalue weighted by molar-refractivity contribution is -0.143. The molecule has 5 nitrogen and oxygen atoms in total. The number of carbonyl (C=O) groups excluding carboxylic acids is 1. The number of aliphatic carboxylic acids is 1. The van der Waals surface area contributed by atoms with Crippen LogP contribution in [0.15, 0.2) is 0 Å². The number of rotatable bonds is 6. The number of carbonyl (C=O) groups is 2. The van der Waals surface area contributed by atoms with Crippen LogP contribution in [0.2, 0.25) is 0 Å². The van der Waals surface area contributed by atoms with Crippen LogP contribution in [0.5, 0.6) is 0 Å². The quantitative estimate of drug-likeness (QED) is 0.786. The lowest BCUT2D eigenvalue weighted by Gasteiger charge is -2.32. The van der Waals surface area contributed by atoms with Gasteiger partial charge in [-0.05, 0) is 38.5 Å². The molecule has 2 N–H and O–H groups in total. The number of amides is 1. The minimum atomic E-state index is -0.779. The number of carboxylic acids is 1. The largest absolute Gasteiger partial charge is 0.480 e. The van der Waals surface area contributed by atoms with E-state index in [1.54, 1.807) is 0 Å². The Morgan fingerprint density at radius 3 is 2.71 bits per heavy atom. The van der Waals surface area contributed by atoms with Crippen LogP contribution in [0.3, 0.4) is 0 Å². The van der Waals surface area contributed by atoms with E-state index in [0.717, 1.165) is 32.1 Å². The molecule has 2 fully saturated rings. The van der Waals surface area contributed by atoms with E-state index < -0.39 is 12.0 Å². The summed E-state index contributed by atoms with van der Waals surface area (Å²) in [7, 11) is 0. The average Bonchev–Trinajstić information content (AvgIpc) is 2.78. The molecule has 0 aromatic heterocycles. The fourth-order valence-electron chi connectivity index (χ4n) is 4.01. The van der Waals surface area contributed by atoms with E-state index in [2.05, 4.69) is 12.2 Å². The minimum Gasteiger partial charge on any atom is -0.480 e. The molecule has 1 saturated carbocycles. The maximum absolute atomic E-state index is 12.2. The van der Waals surface area contributed by atoms with Gasteiger partial charge in [0.25, 0.3) is 0 Å². The predicted molar refractivity (Wildman–Crippen MR) is 81.0 cm³/mol. The van der Waals surface area contributed by atoms with Crippen molar-refractivity contribution in [2.45, 2.75) is 76.9 Å². The second-order valence-corrected chi connectivity index (χ2v) is 6.63. The highest BCUT2D eigenvalue weighted by Crippen LogP contribution is 2.39. The van der Waals surface area contributed by atoms with Crippen LogP contribution >= 0.6 is 0 Å². The lowest BCUT2D eigenvalue weighted by Crippen LogP contribution is -2.48. The van der Waals surface area contributed by atoms with E-state index in [-0.39, 0.29) is 24.5 Å². The van der Waals surface area contributed by atoms with Gasteiger partial charge in [0, 0.05) is 12.1 Å². The highest BCUT2D eigenvalue weighted by Gasteiger charge is 2.45. The Morgan fingerprint density at radius 1 is 1.33 bits per heavy atom. The van der Waals surface area contributed by atoms with Crippen molar-refractivity contribution in [1.82, 2.24) is 10.2 Å². The highest BCUT2D eigenvalue weighted by molar-refractivity contribution is 5.80. The van der Waals surface area contributed by atoms with Crippen LogP contribution in [0, 0.1) is 5.92 Å². The Bertz CT molecular complexity index is 386. The molecule has 0 aromatic rings. The number of likely N-dealkylation sites (tertiary alicyclic amines) is 1. The van der Waals surface area contributed by atoms with E-state index in [9.17, 15) is 14.7 Å². The molecule has 0 aromatic carbocycles. The SMILES string of the molecule is CCCC(C)NC(=O)CN1C(C(=O)O)CC2CCCCC21. The third-order valence-electron chi connectivity index (χ3n) is 4.96. The Hall–Kier alpha value is -1.10. The first-order chi connectivity index (χ1) is 10.0. The van der Waals surface area contributed by atoms with Gasteiger partial charge in [-0.1, -0.05) is 26.2 Å². The summed E-state index contributed by atoms with van der Waals surface area (Å²) in [4.78, 5) is 25.6. The molecule has 0 bridgehead atoms. The zero-order valence-corrected chi connectivity index (χ0v) is 13.2. The van der Waals surface area contributed by atoms with Gasteiger partial charge in [0.2, 0.25) is 5.91 Å². The molecular formula is C16H28N2O3. The minimum absolute atomic E-state index is 0.0339. The first-order valence-corrected chi connectivity index (χ1v) is 8.30. The Morgan fingerprint density at radius 2 is 2.05 bits per heavy atom. The van der Waals surface area contributed by atoms with Crippen LogP contribution < -0.4 is 5.32 Å². The molecule has 120 valence electrons. The van der Waals surface area contributed by atoms with Gasteiger partial charge >= 0.3 is 5.97 Å². The fraction of sp³-hybridized carbons (Fsp3) is 0.875. The van der Waals surface area contributed by atoms with E-state index >= 15 is 0 Å². The molecule has 1 heterocycles. The Kier molecular flexibility index (Phi) is 5.62. The molecule has 1 aliphatic carbocycles. The second-order valence-electron chi connectivity index (χ2n) is 6.63. The smallest absolute Gasteiger partial charge is 0.320 e. The Labute approximate surface area is 127 Å². The number of hydrogen-bond donors (Lipinski definition) is 2. The van der Waals surface area contributed by atoms with Crippen molar-refractivity contribution in [3.63, 3.8) is 0 Å². The van der Waals surface area contributed by atoms with Crippen molar-refractivity contribution in [3.8, 4) is 0 Å². The maximum atomic E-state index is 12.2. The first kappa shape index (κ1) is 16.3. The summed E-state index contributed by atoms with van der Waals surface area (Å²) < 4.78 is 0. The Balaban J connectivity index is 1.97. The zero-order chi connectivity index (χ0) is 15.4. The summed E-state index contributed by atoms with van der Waals surface area (Å²) in [6.45, 7) is 4.33. The van der Waals surface area contributed by atoms with Crippen molar-refractivity contribution in [2.24, 2.45) is 5.92 Å². The molecule has 2 rings (SSSR count). The van der Waals surface area contributed by atoms with Gasteiger partial charge in [-0.2, -0.15) is 0 Å². The van der Waals surface area contributed by atoms with Crippen molar-refractivity contribution in [3.05, 3.63) is 0 Å². The van der Waals surface area contributed by atoms with Crippen molar-refractivity contribution in [2.75, 3.05) is 6.54 Å². The maximum Gasteiger partial charge on any atom is 0.320 e. The van der Waals surface area contributed by atoms with Gasteiger partial charge in [0.1, 0.15) is 6.04 Å². The van der Waals surface area contributed by atoms with E-state index in [4.69, 9.17) is 0 Å². The third kappa shape index (κ3) is 3.96. The van der Waals surface area contributed by atoms with E-state index in [1.165, 1.54) is 6.42 Å². The number of hydrogen-bond acceptors (Lipinski definition) is 3. The van der Waals surface area contributed by atoms with Gasteiger partial charge in [0.05, 0.1) is 6.54 Å². The number of nitrogens with zero attached hydrogens (tertiary/aromatic N) is 1. The zero-order valence-electron chi connectivity index (χ0n) is 13.2. The molecule has 4 atom stereocenters. The molecule has 5 heteroatoms. The summed E-state index contributed by atoms with van der Waals surface area (Å²) in [5, 5.41) is 12.4. The summed E-state index contributed by atoms with van der Waals surface area (Å²) in [5.41, 5.74) is 0. The van der Waals surface area contributed by atoms with E-state index in [0.29, 0.717) is 12.3 Å². The fourth-order valence-corrected chi connectivity index (χ4v) is 4.01. The first-order valence-electron chi connectivity index (χ1n) is 8.30. The standard InChI is InChI=1S/C16H28N2O3/c1-3-6-11(2)17-15(19)10-18-13-8-5-4-7-12(13)9-14(18)16(20)21/h11-14H,3-10H2,1-2H3,(H,17,19)(H,20,21). The second kappa shape index (κ2) is 7.25. The number of carboxylic acid groups (broad SMARTS) is 1. The molecular weight excluding hydrogens is 268 g/mol. The topological polar surface area (TPSA) is 69.6 Å². The van der Waals surface area contributed by atoms with Gasteiger partial charge in [-0.3, -0.25) is 14.5 Å². The number of fused-ring (bicyclic) bond motifs is 1. The van der Waals surface area contributed by atoms with Crippen LogP contribution in [0.25, 0.3) is 0 Å².